The molecule has 1 fully saturated rings. The van der Waals surface area contributed by atoms with Gasteiger partial charge in [0.1, 0.15) is 29.2 Å². The minimum atomic E-state index is -0.977. The average molecular weight is 484 g/mol. The van der Waals surface area contributed by atoms with Crippen LogP contribution in [0, 0.1) is 11.6 Å². The molecule has 0 spiro atoms. The van der Waals surface area contributed by atoms with Crippen LogP contribution in [-0.2, 0) is 0 Å². The van der Waals surface area contributed by atoms with E-state index in [1.165, 1.54) is 23.5 Å². The molecular formula is C24H20ClF2N5O2. The number of hydrogen-bond donors (Lipinski definition) is 1. The first-order valence-electron chi connectivity index (χ1n) is 10.7. The molecule has 5 rings (SSSR count). The predicted octanol–water partition coefficient (Wildman–Crippen LogP) is 5.35. The SMILES string of the molecule is C[C@H]1CN(c2ncnc3c(F)c(-c4cccc5ccc(F)c(Cl)c45)ncc23)C[C@H](C)N1C(=O)O. The third-order valence-electron chi connectivity index (χ3n) is 6.23. The maximum absolute atomic E-state index is 15.8. The summed E-state index contributed by atoms with van der Waals surface area (Å²) in [7, 11) is 0. The molecule has 1 saturated heterocycles. The van der Waals surface area contributed by atoms with Crippen molar-refractivity contribution in [2.45, 2.75) is 25.9 Å². The van der Waals surface area contributed by atoms with Crippen molar-refractivity contribution in [2.24, 2.45) is 0 Å². The Balaban J connectivity index is 1.63. The van der Waals surface area contributed by atoms with E-state index in [9.17, 15) is 14.3 Å². The highest BCUT2D eigenvalue weighted by Gasteiger charge is 2.34. The zero-order valence-electron chi connectivity index (χ0n) is 18.3. The van der Waals surface area contributed by atoms with E-state index in [4.69, 9.17) is 11.6 Å². The Morgan fingerprint density at radius 1 is 1.09 bits per heavy atom. The van der Waals surface area contributed by atoms with Crippen LogP contribution in [0.4, 0.5) is 19.4 Å². The number of amides is 1. The van der Waals surface area contributed by atoms with Gasteiger partial charge in [0.15, 0.2) is 5.82 Å². The van der Waals surface area contributed by atoms with E-state index in [1.807, 2.05) is 18.7 Å². The molecule has 2 aromatic carbocycles. The molecule has 0 bridgehead atoms. The molecule has 1 amide bonds. The van der Waals surface area contributed by atoms with Crippen LogP contribution < -0.4 is 4.90 Å². The number of pyridine rings is 1. The van der Waals surface area contributed by atoms with Gasteiger partial charge < -0.3 is 10.0 Å². The summed E-state index contributed by atoms with van der Waals surface area (Å²) >= 11 is 6.24. The summed E-state index contributed by atoms with van der Waals surface area (Å²) in [4.78, 5) is 27.8. The molecule has 1 aliphatic rings. The number of carbonyl (C=O) groups is 1. The lowest BCUT2D eigenvalue weighted by Crippen LogP contribution is -2.58. The van der Waals surface area contributed by atoms with Crippen molar-refractivity contribution >= 4 is 45.2 Å². The number of anilines is 1. The molecular weight excluding hydrogens is 464 g/mol. The molecule has 7 nitrogen and oxygen atoms in total. The minimum absolute atomic E-state index is 0.00711. The summed E-state index contributed by atoms with van der Waals surface area (Å²) < 4.78 is 30.0. The van der Waals surface area contributed by atoms with Crippen LogP contribution in [0.15, 0.2) is 42.9 Å². The summed E-state index contributed by atoms with van der Waals surface area (Å²) in [6.07, 6.45) is 1.79. The zero-order chi connectivity index (χ0) is 24.1. The van der Waals surface area contributed by atoms with Crippen molar-refractivity contribution in [3.05, 3.63) is 59.5 Å². The Bertz CT molecular complexity index is 1440. The van der Waals surface area contributed by atoms with Gasteiger partial charge in [0.05, 0.1) is 22.5 Å². The minimum Gasteiger partial charge on any atom is -0.465 e. The van der Waals surface area contributed by atoms with E-state index in [1.54, 1.807) is 24.3 Å². The van der Waals surface area contributed by atoms with Gasteiger partial charge in [-0.05, 0) is 25.3 Å². The Morgan fingerprint density at radius 2 is 1.82 bits per heavy atom. The summed E-state index contributed by atoms with van der Waals surface area (Å²) in [5, 5.41) is 10.8. The van der Waals surface area contributed by atoms with Gasteiger partial charge in [-0.3, -0.25) is 9.88 Å². The highest BCUT2D eigenvalue weighted by Crippen LogP contribution is 2.37. The van der Waals surface area contributed by atoms with E-state index in [-0.39, 0.29) is 28.3 Å². The fourth-order valence-corrected chi connectivity index (χ4v) is 5.07. The van der Waals surface area contributed by atoms with E-state index < -0.39 is 17.7 Å². The van der Waals surface area contributed by atoms with Crippen LogP contribution in [-0.4, -0.2) is 56.2 Å². The Morgan fingerprint density at radius 3 is 2.53 bits per heavy atom. The summed E-state index contributed by atoms with van der Waals surface area (Å²) in [5.41, 5.74) is 0.437. The van der Waals surface area contributed by atoms with E-state index in [2.05, 4.69) is 15.0 Å². The topological polar surface area (TPSA) is 82.5 Å². The highest BCUT2D eigenvalue weighted by molar-refractivity contribution is 6.36. The van der Waals surface area contributed by atoms with Gasteiger partial charge in [-0.15, -0.1) is 0 Å². The quantitative estimate of drug-likeness (QED) is 0.413. The number of nitrogens with zero attached hydrogens (tertiary/aromatic N) is 5. The number of aromatic nitrogens is 3. The van der Waals surface area contributed by atoms with Crippen LogP contribution in [0.1, 0.15) is 13.8 Å². The standard InChI is InChI=1S/C24H20ClF2N5O2/c1-12-9-31(10-13(2)32(12)24(33)34)23-16-8-28-21(20(27)22(16)29-11-30-23)15-5-3-4-14-6-7-17(26)19(25)18(14)15/h3-8,11-13H,9-10H2,1-2H3,(H,33,34)/t12-,13-/m0/s1. The maximum atomic E-state index is 15.8. The second kappa shape index (κ2) is 8.32. The first-order valence-corrected chi connectivity index (χ1v) is 11.1. The van der Waals surface area contributed by atoms with Gasteiger partial charge in [0, 0.05) is 30.2 Å². The number of halogens is 3. The third-order valence-corrected chi connectivity index (χ3v) is 6.60. The molecule has 2 aromatic heterocycles. The molecule has 0 unspecified atom stereocenters. The summed E-state index contributed by atoms with van der Waals surface area (Å²) in [6, 6.07) is 7.42. The van der Waals surface area contributed by atoms with Gasteiger partial charge >= 0.3 is 6.09 Å². The van der Waals surface area contributed by atoms with Crippen molar-refractivity contribution in [1.82, 2.24) is 19.9 Å². The normalized spacial score (nSPS) is 18.6. The molecule has 4 aromatic rings. The van der Waals surface area contributed by atoms with Crippen LogP contribution in [0.2, 0.25) is 5.02 Å². The Kier molecular flexibility index (Phi) is 5.44. The van der Waals surface area contributed by atoms with Crippen molar-refractivity contribution in [1.29, 1.82) is 0 Å². The lowest BCUT2D eigenvalue weighted by Gasteiger charge is -2.43. The second-order valence-corrected chi connectivity index (χ2v) is 8.82. The summed E-state index contributed by atoms with van der Waals surface area (Å²) in [5.74, 6) is -0.788. The molecule has 0 aliphatic carbocycles. The van der Waals surface area contributed by atoms with Gasteiger partial charge in [-0.25, -0.2) is 23.5 Å². The van der Waals surface area contributed by atoms with E-state index in [0.717, 1.165) is 0 Å². The first kappa shape index (κ1) is 22.2. The van der Waals surface area contributed by atoms with Crippen molar-refractivity contribution in [3.63, 3.8) is 0 Å². The molecule has 1 N–H and O–H groups in total. The maximum Gasteiger partial charge on any atom is 0.407 e. The number of fused-ring (bicyclic) bond motifs is 2. The molecule has 0 radical (unpaired) electrons. The Hall–Kier alpha value is -3.59. The van der Waals surface area contributed by atoms with Gasteiger partial charge in [0.25, 0.3) is 0 Å². The second-order valence-electron chi connectivity index (χ2n) is 8.44. The molecule has 174 valence electrons. The number of hydrogen-bond acceptors (Lipinski definition) is 5. The zero-order valence-corrected chi connectivity index (χ0v) is 19.1. The lowest BCUT2D eigenvalue weighted by molar-refractivity contribution is 0.0981. The lowest BCUT2D eigenvalue weighted by atomic mass is 10.0. The van der Waals surface area contributed by atoms with Crippen LogP contribution in [0.5, 0.6) is 0 Å². The number of carboxylic acid groups (broad SMARTS) is 1. The smallest absolute Gasteiger partial charge is 0.407 e. The number of piperazine rings is 1. The predicted molar refractivity (Wildman–Crippen MR) is 126 cm³/mol. The fraction of sp³-hybridized carbons (Fsp3) is 0.250. The largest absolute Gasteiger partial charge is 0.465 e. The van der Waals surface area contributed by atoms with Crippen molar-refractivity contribution < 1.29 is 18.7 Å². The number of benzene rings is 2. The highest BCUT2D eigenvalue weighted by atomic mass is 35.5. The van der Waals surface area contributed by atoms with Gasteiger partial charge in [-0.1, -0.05) is 35.9 Å². The van der Waals surface area contributed by atoms with E-state index in [0.29, 0.717) is 40.6 Å². The fourth-order valence-electron chi connectivity index (χ4n) is 4.80. The molecule has 34 heavy (non-hydrogen) atoms. The molecule has 3 heterocycles. The number of rotatable bonds is 2. The van der Waals surface area contributed by atoms with Crippen molar-refractivity contribution in [3.8, 4) is 11.3 Å². The average Bonchev–Trinajstić information content (AvgIpc) is 2.80. The van der Waals surface area contributed by atoms with Crippen LogP contribution in [0.25, 0.3) is 32.9 Å². The van der Waals surface area contributed by atoms with Gasteiger partial charge in [-0.2, -0.15) is 0 Å². The Labute approximate surface area is 198 Å². The van der Waals surface area contributed by atoms with Crippen LogP contribution in [0.3, 0.4) is 0 Å². The molecule has 0 saturated carbocycles. The van der Waals surface area contributed by atoms with Crippen LogP contribution >= 0.6 is 11.6 Å². The monoisotopic (exact) mass is 483 g/mol. The van der Waals surface area contributed by atoms with Crippen molar-refractivity contribution in [2.75, 3.05) is 18.0 Å². The molecule has 1 aliphatic heterocycles. The third kappa shape index (κ3) is 3.47. The van der Waals surface area contributed by atoms with E-state index >= 15 is 4.39 Å². The molecule has 10 heteroatoms. The van der Waals surface area contributed by atoms with Gasteiger partial charge in [0.2, 0.25) is 0 Å². The summed E-state index contributed by atoms with van der Waals surface area (Å²) in [6.45, 7) is 4.43. The molecule has 2 atom stereocenters. The first-order chi connectivity index (χ1) is 16.3.